The van der Waals surface area contributed by atoms with Crippen LogP contribution in [-0.2, 0) is 11.2 Å². The number of aromatic hydroxyl groups is 3. The van der Waals surface area contributed by atoms with Crippen LogP contribution in [0.25, 0.3) is 0 Å². The van der Waals surface area contributed by atoms with E-state index in [0.29, 0.717) is 12.1 Å². The fourth-order valence-corrected chi connectivity index (χ4v) is 1.94. The first kappa shape index (κ1) is 14.7. The van der Waals surface area contributed by atoms with Crippen LogP contribution in [0.5, 0.6) is 17.2 Å². The van der Waals surface area contributed by atoms with Gasteiger partial charge >= 0.3 is 0 Å². The number of carbonyl (C=O) groups excluding carboxylic acids is 1. The van der Waals surface area contributed by atoms with Crippen LogP contribution in [0.3, 0.4) is 0 Å². The van der Waals surface area contributed by atoms with Crippen molar-refractivity contribution in [2.45, 2.75) is 19.8 Å². The van der Waals surface area contributed by atoms with Gasteiger partial charge in [-0.2, -0.15) is 0 Å². The molecule has 1 amide bonds. The summed E-state index contributed by atoms with van der Waals surface area (Å²) in [6.45, 7) is 1.84. The van der Waals surface area contributed by atoms with Gasteiger partial charge in [-0.05, 0) is 42.7 Å². The van der Waals surface area contributed by atoms with E-state index in [0.717, 1.165) is 11.1 Å². The zero-order valence-electron chi connectivity index (χ0n) is 11.6. The number of carbonyl (C=O) groups is 1. The van der Waals surface area contributed by atoms with Crippen molar-refractivity contribution in [2.24, 2.45) is 0 Å². The van der Waals surface area contributed by atoms with Gasteiger partial charge in [0.25, 0.3) is 0 Å². The average Bonchev–Trinajstić information content (AvgIpc) is 2.44. The summed E-state index contributed by atoms with van der Waals surface area (Å²) < 4.78 is 0. The van der Waals surface area contributed by atoms with Crippen molar-refractivity contribution in [1.82, 2.24) is 0 Å². The van der Waals surface area contributed by atoms with E-state index in [-0.39, 0.29) is 29.6 Å². The molecular weight excluding hydrogens is 270 g/mol. The summed E-state index contributed by atoms with van der Waals surface area (Å²) in [5.74, 6) is -0.467. The monoisotopic (exact) mass is 287 g/mol. The molecule has 2 aromatic rings. The topological polar surface area (TPSA) is 89.8 Å². The van der Waals surface area contributed by atoms with E-state index in [4.69, 9.17) is 0 Å². The van der Waals surface area contributed by atoms with Gasteiger partial charge in [0.2, 0.25) is 5.91 Å². The van der Waals surface area contributed by atoms with E-state index in [2.05, 4.69) is 5.32 Å². The predicted molar refractivity (Wildman–Crippen MR) is 79.6 cm³/mol. The molecule has 4 N–H and O–H groups in total. The number of hydrogen-bond acceptors (Lipinski definition) is 4. The van der Waals surface area contributed by atoms with Crippen LogP contribution in [0.1, 0.15) is 17.5 Å². The van der Waals surface area contributed by atoms with E-state index >= 15 is 0 Å². The molecular formula is C16H17NO4. The van der Waals surface area contributed by atoms with Gasteiger partial charge in [0, 0.05) is 18.2 Å². The molecule has 0 aromatic heterocycles. The largest absolute Gasteiger partial charge is 0.508 e. The van der Waals surface area contributed by atoms with Crippen LogP contribution in [0.15, 0.2) is 36.4 Å². The van der Waals surface area contributed by atoms with Crippen molar-refractivity contribution in [3.63, 3.8) is 0 Å². The van der Waals surface area contributed by atoms with Crippen molar-refractivity contribution < 1.29 is 20.1 Å². The lowest BCUT2D eigenvalue weighted by molar-refractivity contribution is -0.116. The maximum absolute atomic E-state index is 11.9. The molecule has 0 fully saturated rings. The second-order valence-electron chi connectivity index (χ2n) is 4.87. The normalized spacial score (nSPS) is 10.3. The number of hydrogen-bond donors (Lipinski definition) is 4. The molecule has 0 radical (unpaired) electrons. The van der Waals surface area contributed by atoms with Crippen molar-refractivity contribution in [3.8, 4) is 17.2 Å². The number of rotatable bonds is 4. The predicted octanol–water partition coefficient (Wildman–Crippen LogP) is 2.68. The van der Waals surface area contributed by atoms with E-state index in [1.165, 1.54) is 18.2 Å². The van der Waals surface area contributed by atoms with Crippen LogP contribution in [0.4, 0.5) is 5.69 Å². The number of phenols is 3. The molecule has 5 heteroatoms. The molecule has 21 heavy (non-hydrogen) atoms. The molecule has 0 saturated heterocycles. The number of aryl methyl sites for hydroxylation is 2. The smallest absolute Gasteiger partial charge is 0.224 e. The first-order valence-corrected chi connectivity index (χ1v) is 6.56. The molecule has 2 aromatic carbocycles. The van der Waals surface area contributed by atoms with Gasteiger partial charge in [-0.1, -0.05) is 12.1 Å². The highest BCUT2D eigenvalue weighted by molar-refractivity contribution is 5.91. The minimum Gasteiger partial charge on any atom is -0.508 e. The van der Waals surface area contributed by atoms with Crippen molar-refractivity contribution in [1.29, 1.82) is 0 Å². The van der Waals surface area contributed by atoms with E-state index in [9.17, 15) is 20.1 Å². The lowest BCUT2D eigenvalue weighted by atomic mass is 10.1. The van der Waals surface area contributed by atoms with Gasteiger partial charge in [-0.15, -0.1) is 0 Å². The summed E-state index contributed by atoms with van der Waals surface area (Å²) in [6.07, 6.45) is 0.677. The molecule has 0 saturated carbocycles. The highest BCUT2D eigenvalue weighted by Crippen LogP contribution is 2.25. The Bertz CT molecular complexity index is 667. The summed E-state index contributed by atoms with van der Waals surface area (Å²) >= 11 is 0. The first-order valence-electron chi connectivity index (χ1n) is 6.56. The molecule has 0 aliphatic heterocycles. The number of nitrogens with one attached hydrogen (secondary N) is 1. The molecule has 0 spiro atoms. The standard InChI is InChI=1S/C16H17NO4/c1-10-2-5-12(18)9-13(10)17-16(21)7-4-11-3-6-14(19)15(20)8-11/h2-3,5-6,8-9,18-20H,4,7H2,1H3,(H,17,21). The fraction of sp³-hybridized carbons (Fsp3) is 0.188. The maximum atomic E-state index is 11.9. The highest BCUT2D eigenvalue weighted by atomic mass is 16.3. The molecule has 0 bridgehead atoms. The second-order valence-corrected chi connectivity index (χ2v) is 4.87. The maximum Gasteiger partial charge on any atom is 0.224 e. The summed E-state index contributed by atoms with van der Waals surface area (Å²) in [5, 5.41) is 30.8. The summed E-state index contributed by atoms with van der Waals surface area (Å²) in [5.41, 5.74) is 2.20. The lowest BCUT2D eigenvalue weighted by Gasteiger charge is -2.09. The third kappa shape index (κ3) is 3.89. The Balaban J connectivity index is 1.95. The molecule has 0 atom stereocenters. The van der Waals surface area contributed by atoms with Crippen LogP contribution < -0.4 is 5.32 Å². The zero-order chi connectivity index (χ0) is 15.4. The molecule has 2 rings (SSSR count). The van der Waals surface area contributed by atoms with Crippen molar-refractivity contribution >= 4 is 11.6 Å². The third-order valence-corrected chi connectivity index (χ3v) is 3.18. The summed E-state index contributed by atoms with van der Waals surface area (Å²) in [7, 11) is 0. The average molecular weight is 287 g/mol. The number of phenolic OH excluding ortho intramolecular Hbond substituents is 3. The lowest BCUT2D eigenvalue weighted by Crippen LogP contribution is -2.13. The summed E-state index contributed by atoms with van der Waals surface area (Å²) in [6, 6.07) is 9.26. The van der Waals surface area contributed by atoms with E-state index in [1.54, 1.807) is 18.2 Å². The third-order valence-electron chi connectivity index (χ3n) is 3.18. The van der Waals surface area contributed by atoms with Gasteiger partial charge in [0.05, 0.1) is 0 Å². The molecule has 110 valence electrons. The molecule has 5 nitrogen and oxygen atoms in total. The minimum absolute atomic E-state index is 0.0966. The van der Waals surface area contributed by atoms with Crippen LogP contribution in [-0.4, -0.2) is 21.2 Å². The first-order chi connectivity index (χ1) is 9.95. The molecule has 0 aliphatic carbocycles. The van der Waals surface area contributed by atoms with E-state index < -0.39 is 0 Å². The van der Waals surface area contributed by atoms with Gasteiger partial charge in [-0.25, -0.2) is 0 Å². The summed E-state index contributed by atoms with van der Waals surface area (Å²) in [4.78, 5) is 11.9. The van der Waals surface area contributed by atoms with Crippen LogP contribution in [0, 0.1) is 6.92 Å². The van der Waals surface area contributed by atoms with Crippen molar-refractivity contribution in [3.05, 3.63) is 47.5 Å². The van der Waals surface area contributed by atoms with Gasteiger partial charge in [0.15, 0.2) is 11.5 Å². The van der Waals surface area contributed by atoms with E-state index in [1.807, 2.05) is 6.92 Å². The van der Waals surface area contributed by atoms with Crippen LogP contribution in [0.2, 0.25) is 0 Å². The Labute approximate surface area is 122 Å². The Hall–Kier alpha value is -2.69. The van der Waals surface area contributed by atoms with Gasteiger partial charge in [-0.3, -0.25) is 4.79 Å². The second kappa shape index (κ2) is 6.17. The number of amides is 1. The zero-order valence-corrected chi connectivity index (χ0v) is 11.6. The highest BCUT2D eigenvalue weighted by Gasteiger charge is 2.07. The Morgan fingerprint density at radius 2 is 1.81 bits per heavy atom. The van der Waals surface area contributed by atoms with Crippen LogP contribution >= 0.6 is 0 Å². The number of anilines is 1. The fourth-order valence-electron chi connectivity index (χ4n) is 1.94. The Morgan fingerprint density at radius 3 is 2.52 bits per heavy atom. The number of benzene rings is 2. The van der Waals surface area contributed by atoms with Gasteiger partial charge < -0.3 is 20.6 Å². The SMILES string of the molecule is Cc1ccc(O)cc1NC(=O)CCc1ccc(O)c(O)c1. The molecule has 0 aliphatic rings. The van der Waals surface area contributed by atoms with Crippen molar-refractivity contribution in [2.75, 3.05) is 5.32 Å². The Kier molecular flexibility index (Phi) is 4.33. The quantitative estimate of drug-likeness (QED) is 0.651. The minimum atomic E-state index is -0.197. The molecule has 0 heterocycles. The molecule has 0 unspecified atom stereocenters. The van der Waals surface area contributed by atoms with Gasteiger partial charge in [0.1, 0.15) is 5.75 Å². The Morgan fingerprint density at radius 1 is 1.05 bits per heavy atom.